The van der Waals surface area contributed by atoms with Gasteiger partial charge in [0.25, 0.3) is 0 Å². The van der Waals surface area contributed by atoms with Gasteiger partial charge in [-0.05, 0) is 66.2 Å². The number of benzene rings is 2. The monoisotopic (exact) mass is 420 g/mol. The first-order valence-electron chi connectivity index (χ1n) is 9.78. The quantitative estimate of drug-likeness (QED) is 0.476. The maximum absolute atomic E-state index is 12.4. The smallest absolute Gasteiger partial charge is 0.368 e. The molecular weight excluding hydrogens is 396 g/mol. The molecule has 4 rings (SSSR count). The highest BCUT2D eigenvalue weighted by Gasteiger charge is 2.16. The van der Waals surface area contributed by atoms with Crippen LogP contribution in [0.5, 0.6) is 11.5 Å². The van der Waals surface area contributed by atoms with Gasteiger partial charge in [0.1, 0.15) is 18.1 Å². The van der Waals surface area contributed by atoms with Crippen molar-refractivity contribution in [3.05, 3.63) is 69.8 Å². The van der Waals surface area contributed by atoms with Crippen molar-refractivity contribution in [2.24, 2.45) is 14.1 Å². The minimum atomic E-state index is -0.346. The number of ether oxygens (including phenoxy) is 2. The molecule has 2 aromatic heterocycles. The van der Waals surface area contributed by atoms with Crippen LogP contribution in [0.25, 0.3) is 16.9 Å². The number of tetrazole rings is 1. The summed E-state index contributed by atoms with van der Waals surface area (Å²) in [5.41, 5.74) is 5.00. The molecular formula is C22H24N6O3. The van der Waals surface area contributed by atoms with Crippen molar-refractivity contribution in [3.8, 4) is 28.4 Å². The second-order valence-electron chi connectivity index (χ2n) is 7.32. The van der Waals surface area contributed by atoms with Crippen LogP contribution in [0.15, 0.2) is 47.3 Å². The van der Waals surface area contributed by atoms with Gasteiger partial charge in [0.15, 0.2) is 0 Å². The van der Waals surface area contributed by atoms with Crippen LogP contribution in [0.2, 0.25) is 0 Å². The molecule has 0 aliphatic heterocycles. The van der Waals surface area contributed by atoms with Gasteiger partial charge in [-0.1, -0.05) is 6.07 Å². The highest BCUT2D eigenvalue weighted by Crippen LogP contribution is 2.29. The fourth-order valence-corrected chi connectivity index (χ4v) is 3.56. The molecule has 2 aromatic carbocycles. The number of aromatic nitrogens is 6. The Bertz CT molecular complexity index is 1300. The molecule has 0 spiro atoms. The lowest BCUT2D eigenvalue weighted by Crippen LogP contribution is -2.23. The molecule has 4 aromatic rings. The van der Waals surface area contributed by atoms with Gasteiger partial charge in [-0.15, -0.1) is 0 Å². The van der Waals surface area contributed by atoms with E-state index in [0.29, 0.717) is 17.0 Å². The van der Waals surface area contributed by atoms with Crippen molar-refractivity contribution in [2.75, 3.05) is 7.11 Å². The lowest BCUT2D eigenvalue weighted by Gasteiger charge is -2.15. The van der Waals surface area contributed by atoms with E-state index in [-0.39, 0.29) is 12.3 Å². The topological polar surface area (TPSA) is 89.0 Å². The number of hydrogen-bond donors (Lipinski definition) is 0. The average molecular weight is 420 g/mol. The lowest BCUT2D eigenvalue weighted by molar-refractivity contribution is 0.294. The standard InChI is InChI=1S/C22H24N6O3/c1-14-11-16(19-12-15(2)23-26(19)3)9-10-20(14)31-13-17-18(7-6-8-21(17)30-5)28-22(29)27(4)24-25-28/h6-12H,13H2,1-5H3. The maximum Gasteiger partial charge on any atom is 0.368 e. The van der Waals surface area contributed by atoms with Crippen molar-refractivity contribution in [1.82, 2.24) is 29.6 Å². The van der Waals surface area contributed by atoms with Gasteiger partial charge < -0.3 is 9.47 Å². The van der Waals surface area contributed by atoms with Crippen LogP contribution in [0.3, 0.4) is 0 Å². The Kier molecular flexibility index (Phi) is 5.33. The van der Waals surface area contributed by atoms with Crippen molar-refractivity contribution in [2.45, 2.75) is 20.5 Å². The predicted molar refractivity (Wildman–Crippen MR) is 116 cm³/mol. The molecule has 0 aliphatic carbocycles. The zero-order chi connectivity index (χ0) is 22.1. The zero-order valence-electron chi connectivity index (χ0n) is 18.2. The van der Waals surface area contributed by atoms with Gasteiger partial charge in [0.2, 0.25) is 0 Å². The molecule has 9 heteroatoms. The Hall–Kier alpha value is -3.88. The van der Waals surface area contributed by atoms with E-state index in [2.05, 4.69) is 27.7 Å². The molecule has 0 N–H and O–H groups in total. The zero-order valence-corrected chi connectivity index (χ0v) is 18.2. The third-order valence-electron chi connectivity index (χ3n) is 5.12. The van der Waals surface area contributed by atoms with E-state index >= 15 is 0 Å². The molecule has 0 amide bonds. The summed E-state index contributed by atoms with van der Waals surface area (Å²) in [4.78, 5) is 12.4. The fourth-order valence-electron chi connectivity index (χ4n) is 3.56. The number of methoxy groups -OCH3 is 1. The molecule has 0 radical (unpaired) electrons. The summed E-state index contributed by atoms with van der Waals surface area (Å²) in [5.74, 6) is 1.35. The highest BCUT2D eigenvalue weighted by molar-refractivity contribution is 5.63. The van der Waals surface area contributed by atoms with E-state index in [1.54, 1.807) is 26.3 Å². The van der Waals surface area contributed by atoms with Crippen LogP contribution in [0, 0.1) is 13.8 Å². The number of aryl methyl sites for hydroxylation is 4. The van der Waals surface area contributed by atoms with Crippen LogP contribution in [0.4, 0.5) is 0 Å². The van der Waals surface area contributed by atoms with E-state index in [4.69, 9.17) is 9.47 Å². The van der Waals surface area contributed by atoms with Crippen LogP contribution >= 0.6 is 0 Å². The largest absolute Gasteiger partial charge is 0.496 e. The third-order valence-corrected chi connectivity index (χ3v) is 5.12. The molecule has 31 heavy (non-hydrogen) atoms. The highest BCUT2D eigenvalue weighted by atomic mass is 16.5. The van der Waals surface area contributed by atoms with Gasteiger partial charge >= 0.3 is 5.69 Å². The Labute approximate surface area is 179 Å². The van der Waals surface area contributed by atoms with Gasteiger partial charge in [-0.3, -0.25) is 4.68 Å². The number of hydrogen-bond acceptors (Lipinski definition) is 6. The number of rotatable bonds is 6. The molecule has 9 nitrogen and oxygen atoms in total. The lowest BCUT2D eigenvalue weighted by atomic mass is 10.1. The first-order valence-corrected chi connectivity index (χ1v) is 9.78. The van der Waals surface area contributed by atoms with Gasteiger partial charge in [-0.2, -0.15) is 14.5 Å². The van der Waals surface area contributed by atoms with E-state index in [1.807, 2.05) is 43.8 Å². The van der Waals surface area contributed by atoms with Crippen molar-refractivity contribution in [1.29, 1.82) is 0 Å². The van der Waals surface area contributed by atoms with Crippen LogP contribution in [0.1, 0.15) is 16.8 Å². The summed E-state index contributed by atoms with van der Waals surface area (Å²) < 4.78 is 15.9. The van der Waals surface area contributed by atoms with E-state index in [1.165, 1.54) is 9.36 Å². The van der Waals surface area contributed by atoms with E-state index in [9.17, 15) is 4.79 Å². The molecule has 0 bridgehead atoms. The Balaban J connectivity index is 1.64. The first kappa shape index (κ1) is 20.4. The Morgan fingerprint density at radius 2 is 1.77 bits per heavy atom. The van der Waals surface area contributed by atoms with E-state index in [0.717, 1.165) is 28.3 Å². The molecule has 2 heterocycles. The SMILES string of the molecule is COc1cccc(-n2nnn(C)c2=O)c1COc1ccc(-c2cc(C)nn2C)cc1C. The molecule has 0 saturated carbocycles. The molecule has 0 unspecified atom stereocenters. The summed E-state index contributed by atoms with van der Waals surface area (Å²) >= 11 is 0. The fraction of sp³-hybridized carbons (Fsp3) is 0.273. The minimum Gasteiger partial charge on any atom is -0.496 e. The van der Waals surface area contributed by atoms with Crippen molar-refractivity contribution in [3.63, 3.8) is 0 Å². The first-order chi connectivity index (χ1) is 14.9. The average Bonchev–Trinajstić information content (AvgIpc) is 3.27. The van der Waals surface area contributed by atoms with E-state index < -0.39 is 0 Å². The van der Waals surface area contributed by atoms with Crippen molar-refractivity contribution < 1.29 is 9.47 Å². The predicted octanol–water partition coefficient (Wildman–Crippen LogP) is 2.57. The second-order valence-corrected chi connectivity index (χ2v) is 7.32. The maximum atomic E-state index is 12.4. The Morgan fingerprint density at radius 1 is 0.968 bits per heavy atom. The summed E-state index contributed by atoms with van der Waals surface area (Å²) in [7, 11) is 5.06. The molecule has 0 fully saturated rings. The van der Waals surface area contributed by atoms with Gasteiger partial charge in [0.05, 0.1) is 29.7 Å². The van der Waals surface area contributed by atoms with Crippen LogP contribution in [-0.4, -0.2) is 36.7 Å². The third kappa shape index (κ3) is 3.81. The van der Waals surface area contributed by atoms with Gasteiger partial charge in [0, 0.05) is 19.7 Å². The normalized spacial score (nSPS) is 11.0. The summed E-state index contributed by atoms with van der Waals surface area (Å²) in [6.07, 6.45) is 0. The molecule has 0 atom stereocenters. The molecule has 160 valence electrons. The van der Waals surface area contributed by atoms with Gasteiger partial charge in [-0.25, -0.2) is 4.79 Å². The van der Waals surface area contributed by atoms with Crippen LogP contribution in [-0.2, 0) is 20.7 Å². The summed E-state index contributed by atoms with van der Waals surface area (Å²) in [6.45, 7) is 4.17. The minimum absolute atomic E-state index is 0.202. The molecule has 0 aliphatic rings. The second kappa shape index (κ2) is 8.10. The summed E-state index contributed by atoms with van der Waals surface area (Å²) in [6, 6.07) is 13.5. The summed E-state index contributed by atoms with van der Waals surface area (Å²) in [5, 5.41) is 12.2. The Morgan fingerprint density at radius 3 is 2.39 bits per heavy atom. The number of nitrogens with zero attached hydrogens (tertiary/aromatic N) is 6. The van der Waals surface area contributed by atoms with Crippen molar-refractivity contribution >= 4 is 0 Å². The van der Waals surface area contributed by atoms with Crippen LogP contribution < -0.4 is 15.2 Å². The molecule has 0 saturated heterocycles.